The van der Waals surface area contributed by atoms with E-state index in [1.807, 2.05) is 6.92 Å². The van der Waals surface area contributed by atoms with Crippen LogP contribution in [0.1, 0.15) is 18.9 Å². The lowest BCUT2D eigenvalue weighted by atomic mass is 9.89. The third kappa shape index (κ3) is 1.55. The first kappa shape index (κ1) is 9.99. The number of thioether (sulfide) groups is 1. The molecule has 0 radical (unpaired) electrons. The minimum absolute atomic E-state index is 0.188. The van der Waals surface area contributed by atoms with Gasteiger partial charge in [-0.25, -0.2) is 4.39 Å². The van der Waals surface area contributed by atoms with E-state index in [4.69, 9.17) is 0 Å². The molecule has 3 heteroatoms. The summed E-state index contributed by atoms with van der Waals surface area (Å²) < 4.78 is 12.7. The maximum absolute atomic E-state index is 12.7. The molecular formula is C11H13FOS. The Bertz CT molecular complexity index is 325. The summed E-state index contributed by atoms with van der Waals surface area (Å²) in [4.78, 5) is 0. The van der Waals surface area contributed by atoms with Gasteiger partial charge in [0.1, 0.15) is 11.4 Å². The van der Waals surface area contributed by atoms with Gasteiger partial charge in [0.2, 0.25) is 0 Å². The van der Waals surface area contributed by atoms with Gasteiger partial charge < -0.3 is 5.11 Å². The Morgan fingerprint density at radius 3 is 2.57 bits per heavy atom. The van der Waals surface area contributed by atoms with Crippen LogP contribution in [0.4, 0.5) is 4.39 Å². The maximum atomic E-state index is 12.7. The van der Waals surface area contributed by atoms with E-state index in [0.717, 1.165) is 17.7 Å². The van der Waals surface area contributed by atoms with E-state index in [1.54, 1.807) is 23.9 Å². The number of rotatable bonds is 1. The van der Waals surface area contributed by atoms with Crippen molar-refractivity contribution in [3.8, 4) is 0 Å². The average molecular weight is 212 g/mol. The zero-order chi connectivity index (χ0) is 10.2. The van der Waals surface area contributed by atoms with E-state index in [9.17, 15) is 9.50 Å². The standard InChI is InChI=1S/C11H13FOS/c1-8-11(13,6-7-14-8)9-2-4-10(12)5-3-9/h2-5,8,13H,6-7H2,1H3/t8-,11-/m0/s1. The summed E-state index contributed by atoms with van der Waals surface area (Å²) in [5.74, 6) is 0.713. The first-order valence-electron chi connectivity index (χ1n) is 4.73. The van der Waals surface area contributed by atoms with Crippen molar-refractivity contribution < 1.29 is 9.50 Å². The van der Waals surface area contributed by atoms with Gasteiger partial charge >= 0.3 is 0 Å². The molecule has 1 aromatic rings. The smallest absolute Gasteiger partial charge is 0.123 e. The van der Waals surface area contributed by atoms with Crippen LogP contribution < -0.4 is 0 Å². The maximum Gasteiger partial charge on any atom is 0.123 e. The SMILES string of the molecule is C[C@@H]1SCC[C@@]1(O)c1ccc(F)cc1. The van der Waals surface area contributed by atoms with Crippen molar-refractivity contribution in [2.45, 2.75) is 24.2 Å². The van der Waals surface area contributed by atoms with Crippen molar-refractivity contribution in [1.29, 1.82) is 0 Å². The zero-order valence-corrected chi connectivity index (χ0v) is 8.85. The number of hydrogen-bond acceptors (Lipinski definition) is 2. The fourth-order valence-electron chi connectivity index (χ4n) is 1.85. The molecule has 76 valence electrons. The lowest BCUT2D eigenvalue weighted by Crippen LogP contribution is -2.31. The number of hydrogen-bond donors (Lipinski definition) is 1. The highest BCUT2D eigenvalue weighted by molar-refractivity contribution is 8.00. The molecule has 0 aromatic heterocycles. The largest absolute Gasteiger partial charge is 0.384 e. The minimum atomic E-state index is -0.766. The molecule has 1 fully saturated rings. The van der Waals surface area contributed by atoms with Crippen molar-refractivity contribution in [1.82, 2.24) is 0 Å². The van der Waals surface area contributed by atoms with Crippen LogP contribution in [-0.2, 0) is 5.60 Å². The van der Waals surface area contributed by atoms with Crippen molar-refractivity contribution in [3.05, 3.63) is 35.6 Å². The van der Waals surface area contributed by atoms with Gasteiger partial charge in [-0.2, -0.15) is 11.8 Å². The monoisotopic (exact) mass is 212 g/mol. The van der Waals surface area contributed by atoms with Gasteiger partial charge in [-0.05, 0) is 29.9 Å². The molecule has 1 aromatic carbocycles. The van der Waals surface area contributed by atoms with Crippen LogP contribution in [0.2, 0.25) is 0 Å². The minimum Gasteiger partial charge on any atom is -0.384 e. The van der Waals surface area contributed by atoms with E-state index in [0.29, 0.717) is 0 Å². The molecule has 0 saturated carbocycles. The summed E-state index contributed by atoms with van der Waals surface area (Å²) in [7, 11) is 0. The van der Waals surface area contributed by atoms with E-state index in [2.05, 4.69) is 0 Å². The molecule has 1 aliphatic heterocycles. The van der Waals surface area contributed by atoms with Crippen molar-refractivity contribution in [3.63, 3.8) is 0 Å². The summed E-state index contributed by atoms with van der Waals surface area (Å²) in [5, 5.41) is 10.6. The Balaban J connectivity index is 2.34. The van der Waals surface area contributed by atoms with Gasteiger partial charge in [0, 0.05) is 5.25 Å². The average Bonchev–Trinajstić information content (AvgIpc) is 2.49. The quantitative estimate of drug-likeness (QED) is 0.772. The fourth-order valence-corrected chi connectivity index (χ4v) is 3.16. The van der Waals surface area contributed by atoms with Crippen LogP contribution in [0, 0.1) is 5.82 Å². The molecule has 1 N–H and O–H groups in total. The summed E-state index contributed by atoms with van der Waals surface area (Å²) in [6.45, 7) is 2.01. The Kier molecular flexibility index (Phi) is 2.54. The molecule has 0 aliphatic carbocycles. The third-order valence-corrected chi connectivity index (χ3v) is 4.20. The Morgan fingerprint density at radius 1 is 1.43 bits per heavy atom. The molecule has 14 heavy (non-hydrogen) atoms. The molecule has 0 amide bonds. The van der Waals surface area contributed by atoms with E-state index in [1.165, 1.54) is 12.1 Å². The molecule has 0 bridgehead atoms. The van der Waals surface area contributed by atoms with Gasteiger partial charge in [0.15, 0.2) is 0 Å². The zero-order valence-electron chi connectivity index (χ0n) is 8.03. The van der Waals surface area contributed by atoms with Gasteiger partial charge in [-0.15, -0.1) is 0 Å². The molecule has 1 heterocycles. The van der Waals surface area contributed by atoms with Crippen molar-refractivity contribution in [2.75, 3.05) is 5.75 Å². The second-order valence-corrected chi connectivity index (χ2v) is 5.14. The first-order valence-corrected chi connectivity index (χ1v) is 5.78. The second-order valence-electron chi connectivity index (χ2n) is 3.69. The predicted molar refractivity (Wildman–Crippen MR) is 56.8 cm³/mol. The van der Waals surface area contributed by atoms with Gasteiger partial charge in [0.25, 0.3) is 0 Å². The van der Waals surface area contributed by atoms with Crippen LogP contribution in [-0.4, -0.2) is 16.1 Å². The normalized spacial score (nSPS) is 32.1. The Hall–Kier alpha value is -0.540. The molecule has 0 unspecified atom stereocenters. The lowest BCUT2D eigenvalue weighted by Gasteiger charge is -2.27. The Labute approximate surface area is 87.3 Å². The summed E-state index contributed by atoms with van der Waals surface area (Å²) in [5.41, 5.74) is 0.0645. The predicted octanol–water partition coefficient (Wildman–Crippen LogP) is 2.54. The topological polar surface area (TPSA) is 20.2 Å². The van der Waals surface area contributed by atoms with Gasteiger partial charge in [0.05, 0.1) is 0 Å². The molecule has 1 aliphatic rings. The summed E-state index contributed by atoms with van der Waals surface area (Å²) in [6.07, 6.45) is 0.754. The summed E-state index contributed by atoms with van der Waals surface area (Å²) >= 11 is 1.76. The number of aliphatic hydroxyl groups is 1. The molecule has 2 rings (SSSR count). The third-order valence-electron chi connectivity index (χ3n) is 2.87. The van der Waals surface area contributed by atoms with Crippen LogP contribution in [0.3, 0.4) is 0 Å². The molecule has 1 saturated heterocycles. The van der Waals surface area contributed by atoms with E-state index in [-0.39, 0.29) is 11.1 Å². The fraction of sp³-hybridized carbons (Fsp3) is 0.455. The van der Waals surface area contributed by atoms with Gasteiger partial charge in [-0.1, -0.05) is 19.1 Å². The van der Waals surface area contributed by atoms with Crippen molar-refractivity contribution in [2.24, 2.45) is 0 Å². The van der Waals surface area contributed by atoms with Crippen LogP contribution in [0.15, 0.2) is 24.3 Å². The molecular weight excluding hydrogens is 199 g/mol. The molecule has 1 nitrogen and oxygen atoms in total. The Morgan fingerprint density at radius 2 is 2.07 bits per heavy atom. The van der Waals surface area contributed by atoms with Crippen LogP contribution in [0.5, 0.6) is 0 Å². The summed E-state index contributed by atoms with van der Waals surface area (Å²) in [6, 6.07) is 6.17. The van der Waals surface area contributed by atoms with E-state index >= 15 is 0 Å². The first-order chi connectivity index (χ1) is 6.63. The highest BCUT2D eigenvalue weighted by Crippen LogP contribution is 2.42. The number of halogens is 1. The number of benzene rings is 1. The van der Waals surface area contributed by atoms with Crippen molar-refractivity contribution >= 4 is 11.8 Å². The van der Waals surface area contributed by atoms with E-state index < -0.39 is 5.60 Å². The van der Waals surface area contributed by atoms with Crippen LogP contribution >= 0.6 is 11.8 Å². The van der Waals surface area contributed by atoms with Gasteiger partial charge in [-0.3, -0.25) is 0 Å². The van der Waals surface area contributed by atoms with Crippen LogP contribution in [0.25, 0.3) is 0 Å². The highest BCUT2D eigenvalue weighted by Gasteiger charge is 2.40. The second kappa shape index (κ2) is 3.55. The molecule has 2 atom stereocenters. The lowest BCUT2D eigenvalue weighted by molar-refractivity contribution is 0.0426. The highest BCUT2D eigenvalue weighted by atomic mass is 32.2. The molecule has 0 spiro atoms.